The van der Waals surface area contributed by atoms with E-state index in [1.165, 1.54) is 24.3 Å². The Morgan fingerprint density at radius 3 is 2.22 bits per heavy atom. The van der Waals surface area contributed by atoms with Crippen LogP contribution in [0.1, 0.15) is 10.4 Å². The lowest BCUT2D eigenvalue weighted by molar-refractivity contribution is 0.0733. The van der Waals surface area contributed by atoms with E-state index >= 15 is 0 Å². The molecule has 3 aromatic carbocycles. The van der Waals surface area contributed by atoms with Crippen molar-refractivity contribution in [1.29, 1.82) is 0 Å². The first-order chi connectivity index (χ1) is 11.1. The Kier molecular flexibility index (Phi) is 4.53. The Morgan fingerprint density at radius 2 is 1.57 bits per heavy atom. The van der Waals surface area contributed by atoms with E-state index in [9.17, 15) is 9.18 Å². The first kappa shape index (κ1) is 15.4. The van der Waals surface area contributed by atoms with Crippen molar-refractivity contribution in [2.24, 2.45) is 0 Å². The minimum atomic E-state index is -0.529. The SMILES string of the molecule is O=C(Oc1ccc(-c2ccccc2)cc1Br)c1ccc(F)cc1. The quantitative estimate of drug-likeness (QED) is 0.451. The van der Waals surface area contributed by atoms with Gasteiger partial charge in [-0.25, -0.2) is 9.18 Å². The predicted octanol–water partition coefficient (Wildman–Crippen LogP) is 5.47. The second-order valence-electron chi connectivity index (χ2n) is 4.91. The van der Waals surface area contributed by atoms with Gasteiger partial charge >= 0.3 is 5.97 Å². The molecule has 3 rings (SSSR count). The Balaban J connectivity index is 1.81. The fourth-order valence-corrected chi connectivity index (χ4v) is 2.60. The van der Waals surface area contributed by atoms with E-state index < -0.39 is 11.8 Å². The molecule has 0 aliphatic heterocycles. The standard InChI is InChI=1S/C19H12BrFO2/c20-17-12-15(13-4-2-1-3-5-13)8-11-18(17)23-19(22)14-6-9-16(21)10-7-14/h1-12H. The molecule has 0 saturated heterocycles. The summed E-state index contributed by atoms with van der Waals surface area (Å²) >= 11 is 3.42. The average Bonchev–Trinajstić information content (AvgIpc) is 2.58. The maximum Gasteiger partial charge on any atom is 0.343 e. The fraction of sp³-hybridized carbons (Fsp3) is 0. The van der Waals surface area contributed by atoms with Gasteiger partial charge in [0.25, 0.3) is 0 Å². The van der Waals surface area contributed by atoms with E-state index in [1.54, 1.807) is 6.07 Å². The summed E-state index contributed by atoms with van der Waals surface area (Å²) in [6.45, 7) is 0. The summed E-state index contributed by atoms with van der Waals surface area (Å²) in [7, 11) is 0. The van der Waals surface area contributed by atoms with Gasteiger partial charge in [0, 0.05) is 0 Å². The summed E-state index contributed by atoms with van der Waals surface area (Å²) in [5.74, 6) is -0.507. The van der Waals surface area contributed by atoms with E-state index in [1.807, 2.05) is 42.5 Å². The number of benzene rings is 3. The predicted molar refractivity (Wildman–Crippen MR) is 90.9 cm³/mol. The van der Waals surface area contributed by atoms with Crippen LogP contribution < -0.4 is 4.74 Å². The van der Waals surface area contributed by atoms with Gasteiger partial charge in [0.05, 0.1) is 10.0 Å². The van der Waals surface area contributed by atoms with Crippen LogP contribution in [-0.4, -0.2) is 5.97 Å². The molecule has 0 unspecified atom stereocenters. The van der Waals surface area contributed by atoms with Crippen LogP contribution in [0.5, 0.6) is 5.75 Å². The highest BCUT2D eigenvalue weighted by Gasteiger charge is 2.11. The molecule has 0 radical (unpaired) electrons. The van der Waals surface area contributed by atoms with Crippen LogP contribution in [0.4, 0.5) is 4.39 Å². The molecule has 0 spiro atoms. The van der Waals surface area contributed by atoms with Crippen molar-refractivity contribution in [3.63, 3.8) is 0 Å². The molecule has 0 aliphatic carbocycles. The molecule has 0 aromatic heterocycles. The van der Waals surface area contributed by atoms with Crippen molar-refractivity contribution in [3.05, 3.63) is 88.6 Å². The molecule has 0 bridgehead atoms. The van der Waals surface area contributed by atoms with Crippen LogP contribution in [0.25, 0.3) is 11.1 Å². The number of hydrogen-bond donors (Lipinski definition) is 0. The Morgan fingerprint density at radius 1 is 0.870 bits per heavy atom. The van der Waals surface area contributed by atoms with Gasteiger partial charge in [0.1, 0.15) is 11.6 Å². The summed E-state index contributed by atoms with van der Waals surface area (Å²) in [4.78, 5) is 12.1. The number of esters is 1. The monoisotopic (exact) mass is 370 g/mol. The molecule has 23 heavy (non-hydrogen) atoms. The van der Waals surface area contributed by atoms with Crippen molar-refractivity contribution in [2.45, 2.75) is 0 Å². The van der Waals surface area contributed by atoms with Crippen molar-refractivity contribution in [1.82, 2.24) is 0 Å². The van der Waals surface area contributed by atoms with E-state index in [2.05, 4.69) is 15.9 Å². The molecule has 0 N–H and O–H groups in total. The normalized spacial score (nSPS) is 10.3. The summed E-state index contributed by atoms with van der Waals surface area (Å²) in [6.07, 6.45) is 0. The number of hydrogen-bond acceptors (Lipinski definition) is 2. The van der Waals surface area contributed by atoms with Crippen molar-refractivity contribution in [2.75, 3.05) is 0 Å². The molecular weight excluding hydrogens is 359 g/mol. The highest BCUT2D eigenvalue weighted by molar-refractivity contribution is 9.10. The highest BCUT2D eigenvalue weighted by Crippen LogP contribution is 2.31. The zero-order valence-corrected chi connectivity index (χ0v) is 13.6. The van der Waals surface area contributed by atoms with Crippen LogP contribution in [0.2, 0.25) is 0 Å². The summed E-state index contributed by atoms with van der Waals surface area (Å²) in [5, 5.41) is 0. The van der Waals surface area contributed by atoms with Gasteiger partial charge in [-0.2, -0.15) is 0 Å². The molecule has 0 saturated carbocycles. The van der Waals surface area contributed by atoms with E-state index in [0.717, 1.165) is 11.1 Å². The lowest BCUT2D eigenvalue weighted by Crippen LogP contribution is -2.08. The number of carbonyl (C=O) groups excluding carboxylic acids is 1. The lowest BCUT2D eigenvalue weighted by atomic mass is 10.1. The smallest absolute Gasteiger partial charge is 0.343 e. The van der Waals surface area contributed by atoms with E-state index in [0.29, 0.717) is 15.8 Å². The molecule has 2 nitrogen and oxygen atoms in total. The Labute approximate surface area is 141 Å². The minimum absolute atomic E-state index is 0.297. The second-order valence-corrected chi connectivity index (χ2v) is 5.76. The van der Waals surface area contributed by atoms with Gasteiger partial charge in [-0.15, -0.1) is 0 Å². The molecule has 0 heterocycles. The minimum Gasteiger partial charge on any atom is -0.422 e. The highest BCUT2D eigenvalue weighted by atomic mass is 79.9. The second kappa shape index (κ2) is 6.75. The first-order valence-electron chi connectivity index (χ1n) is 6.96. The van der Waals surface area contributed by atoms with E-state index in [4.69, 9.17) is 4.74 Å². The van der Waals surface area contributed by atoms with Gasteiger partial charge in [-0.05, 0) is 63.5 Å². The summed E-state index contributed by atoms with van der Waals surface area (Å²) in [5.41, 5.74) is 2.38. The molecule has 0 fully saturated rings. The topological polar surface area (TPSA) is 26.3 Å². The third-order valence-corrected chi connectivity index (χ3v) is 3.94. The van der Waals surface area contributed by atoms with E-state index in [-0.39, 0.29) is 0 Å². The van der Waals surface area contributed by atoms with Crippen LogP contribution in [0.15, 0.2) is 77.3 Å². The van der Waals surface area contributed by atoms with Gasteiger partial charge in [-0.3, -0.25) is 0 Å². The van der Waals surface area contributed by atoms with Crippen LogP contribution in [-0.2, 0) is 0 Å². The maximum atomic E-state index is 12.9. The molecule has 0 aliphatic rings. The zero-order valence-electron chi connectivity index (χ0n) is 12.0. The molecular formula is C19H12BrFO2. The number of ether oxygens (including phenoxy) is 1. The number of halogens is 2. The molecule has 0 atom stereocenters. The molecule has 3 aromatic rings. The Hall–Kier alpha value is -2.46. The average molecular weight is 371 g/mol. The molecule has 0 amide bonds. The van der Waals surface area contributed by atoms with Gasteiger partial charge in [-0.1, -0.05) is 36.4 Å². The van der Waals surface area contributed by atoms with Crippen molar-refractivity contribution in [3.8, 4) is 16.9 Å². The Bertz CT molecular complexity index is 830. The van der Waals surface area contributed by atoms with Crippen molar-refractivity contribution >= 4 is 21.9 Å². The van der Waals surface area contributed by atoms with Crippen molar-refractivity contribution < 1.29 is 13.9 Å². The third-order valence-electron chi connectivity index (χ3n) is 3.32. The molecule has 114 valence electrons. The van der Waals surface area contributed by atoms with Gasteiger partial charge in [0.2, 0.25) is 0 Å². The van der Waals surface area contributed by atoms with Crippen LogP contribution in [0.3, 0.4) is 0 Å². The molecule has 4 heteroatoms. The number of carbonyl (C=O) groups is 1. The summed E-state index contributed by atoms with van der Waals surface area (Å²) in [6, 6.07) is 20.6. The van der Waals surface area contributed by atoms with Gasteiger partial charge < -0.3 is 4.74 Å². The fourth-order valence-electron chi connectivity index (χ4n) is 2.14. The first-order valence-corrected chi connectivity index (χ1v) is 7.75. The maximum absolute atomic E-state index is 12.9. The van der Waals surface area contributed by atoms with Gasteiger partial charge in [0.15, 0.2) is 0 Å². The van der Waals surface area contributed by atoms with Crippen LogP contribution >= 0.6 is 15.9 Å². The summed E-state index contributed by atoms with van der Waals surface area (Å²) < 4.78 is 18.9. The largest absolute Gasteiger partial charge is 0.422 e. The lowest BCUT2D eigenvalue weighted by Gasteiger charge is -2.09. The zero-order chi connectivity index (χ0) is 16.2. The third kappa shape index (κ3) is 3.66. The van der Waals surface area contributed by atoms with Crippen LogP contribution in [0, 0.1) is 5.82 Å². The number of rotatable bonds is 3.